The number of hydrogen-bond donors (Lipinski definition) is 0. The fourth-order valence-corrected chi connectivity index (χ4v) is 2.72. The van der Waals surface area contributed by atoms with Crippen LogP contribution in [0.3, 0.4) is 0 Å². The summed E-state index contributed by atoms with van der Waals surface area (Å²) in [6.45, 7) is 3.12. The number of carbonyl (C=O) groups is 1. The van der Waals surface area contributed by atoms with Gasteiger partial charge in [-0.15, -0.1) is 10.2 Å². The first-order valence-electron chi connectivity index (χ1n) is 7.35. The standard InChI is InChI=1S/C16H19N3O3/c1-11-4-3-5-13(8-11)22-10-15-18-17-14-9-12(16(20)21-2)6-7-19(14)15/h3-5,8,12H,6-7,9-10H2,1-2H3. The fourth-order valence-electron chi connectivity index (χ4n) is 2.72. The molecule has 1 aliphatic heterocycles. The maximum absolute atomic E-state index is 11.6. The van der Waals surface area contributed by atoms with Gasteiger partial charge in [-0.3, -0.25) is 4.79 Å². The largest absolute Gasteiger partial charge is 0.486 e. The van der Waals surface area contributed by atoms with E-state index in [0.29, 0.717) is 19.6 Å². The van der Waals surface area contributed by atoms with E-state index in [9.17, 15) is 4.79 Å². The summed E-state index contributed by atoms with van der Waals surface area (Å²) in [5.41, 5.74) is 1.15. The van der Waals surface area contributed by atoms with Crippen LogP contribution in [0, 0.1) is 12.8 Å². The van der Waals surface area contributed by atoms with Crippen LogP contribution in [-0.4, -0.2) is 27.8 Å². The molecule has 1 aromatic heterocycles. The minimum absolute atomic E-state index is 0.118. The minimum atomic E-state index is -0.174. The van der Waals surface area contributed by atoms with E-state index in [1.165, 1.54) is 7.11 Å². The number of fused-ring (bicyclic) bond motifs is 1. The molecule has 22 heavy (non-hydrogen) atoms. The lowest BCUT2D eigenvalue weighted by molar-refractivity contribution is -0.146. The molecule has 0 radical (unpaired) electrons. The summed E-state index contributed by atoms with van der Waals surface area (Å²) in [6.07, 6.45) is 1.32. The maximum atomic E-state index is 11.6. The zero-order valence-corrected chi connectivity index (χ0v) is 12.8. The number of methoxy groups -OCH3 is 1. The van der Waals surface area contributed by atoms with Crippen molar-refractivity contribution in [3.05, 3.63) is 41.5 Å². The quantitative estimate of drug-likeness (QED) is 0.807. The van der Waals surface area contributed by atoms with E-state index in [0.717, 1.165) is 29.4 Å². The SMILES string of the molecule is COC(=O)C1CCn2c(COc3cccc(C)c3)nnc2C1. The first kappa shape index (κ1) is 14.6. The Morgan fingerprint density at radius 1 is 1.41 bits per heavy atom. The molecule has 6 heteroatoms. The van der Waals surface area contributed by atoms with Crippen LogP contribution in [0.5, 0.6) is 5.75 Å². The number of hydrogen-bond acceptors (Lipinski definition) is 5. The third-order valence-corrected chi connectivity index (χ3v) is 3.93. The van der Waals surface area contributed by atoms with Gasteiger partial charge in [-0.25, -0.2) is 0 Å². The molecule has 2 aromatic rings. The molecule has 0 spiro atoms. The summed E-state index contributed by atoms with van der Waals surface area (Å²) < 4.78 is 12.6. The van der Waals surface area contributed by atoms with E-state index in [4.69, 9.17) is 9.47 Å². The predicted octanol–water partition coefficient (Wildman–Crippen LogP) is 1.90. The highest BCUT2D eigenvalue weighted by atomic mass is 16.5. The van der Waals surface area contributed by atoms with Gasteiger partial charge in [0.1, 0.15) is 18.2 Å². The highest BCUT2D eigenvalue weighted by molar-refractivity contribution is 5.72. The summed E-state index contributed by atoms with van der Waals surface area (Å²) >= 11 is 0. The van der Waals surface area contributed by atoms with Crippen LogP contribution in [0.25, 0.3) is 0 Å². The van der Waals surface area contributed by atoms with E-state index >= 15 is 0 Å². The highest BCUT2D eigenvalue weighted by Crippen LogP contribution is 2.22. The summed E-state index contributed by atoms with van der Waals surface area (Å²) in [4.78, 5) is 11.6. The molecule has 0 aliphatic carbocycles. The Labute approximate surface area is 129 Å². The number of rotatable bonds is 4. The molecule has 3 rings (SSSR count). The number of ether oxygens (including phenoxy) is 2. The minimum Gasteiger partial charge on any atom is -0.486 e. The first-order chi connectivity index (χ1) is 10.7. The molecule has 0 amide bonds. The lowest BCUT2D eigenvalue weighted by Crippen LogP contribution is -2.27. The number of esters is 1. The van der Waals surface area contributed by atoms with Crippen LogP contribution >= 0.6 is 0 Å². The summed E-state index contributed by atoms with van der Waals surface area (Å²) in [5.74, 6) is 2.14. The molecule has 1 unspecified atom stereocenters. The van der Waals surface area contributed by atoms with Gasteiger partial charge in [0, 0.05) is 13.0 Å². The Hall–Kier alpha value is -2.37. The van der Waals surface area contributed by atoms with E-state index < -0.39 is 0 Å². The molecule has 0 saturated heterocycles. The van der Waals surface area contributed by atoms with Gasteiger partial charge in [0.2, 0.25) is 0 Å². The van der Waals surface area contributed by atoms with E-state index in [2.05, 4.69) is 10.2 Å². The summed E-state index contributed by atoms with van der Waals surface area (Å²) in [6, 6.07) is 7.90. The average Bonchev–Trinajstić information content (AvgIpc) is 2.94. The topological polar surface area (TPSA) is 66.2 Å². The molecule has 0 bridgehead atoms. The van der Waals surface area contributed by atoms with Crippen LogP contribution in [0.15, 0.2) is 24.3 Å². The molecule has 1 aromatic carbocycles. The maximum Gasteiger partial charge on any atom is 0.309 e. The Balaban J connectivity index is 1.68. The third-order valence-electron chi connectivity index (χ3n) is 3.93. The molecular weight excluding hydrogens is 282 g/mol. The molecule has 1 atom stereocenters. The van der Waals surface area contributed by atoms with Crippen molar-refractivity contribution >= 4 is 5.97 Å². The second-order valence-electron chi connectivity index (χ2n) is 5.50. The fraction of sp³-hybridized carbons (Fsp3) is 0.438. The van der Waals surface area contributed by atoms with Gasteiger partial charge in [0.25, 0.3) is 0 Å². The van der Waals surface area contributed by atoms with Crippen LogP contribution in [0.2, 0.25) is 0 Å². The number of benzene rings is 1. The number of aryl methyl sites for hydroxylation is 1. The second-order valence-corrected chi connectivity index (χ2v) is 5.50. The van der Waals surface area contributed by atoms with Gasteiger partial charge in [0.05, 0.1) is 13.0 Å². The Kier molecular flexibility index (Phi) is 4.09. The van der Waals surface area contributed by atoms with Gasteiger partial charge >= 0.3 is 5.97 Å². The van der Waals surface area contributed by atoms with Crippen LogP contribution in [0.4, 0.5) is 0 Å². The molecule has 0 N–H and O–H groups in total. The lowest BCUT2D eigenvalue weighted by atomic mass is 9.98. The van der Waals surface area contributed by atoms with E-state index in [1.807, 2.05) is 35.8 Å². The van der Waals surface area contributed by atoms with E-state index in [1.54, 1.807) is 0 Å². The van der Waals surface area contributed by atoms with Gasteiger partial charge < -0.3 is 14.0 Å². The van der Waals surface area contributed by atoms with Crippen molar-refractivity contribution in [3.8, 4) is 5.75 Å². The molecule has 6 nitrogen and oxygen atoms in total. The molecule has 0 saturated carbocycles. The van der Waals surface area contributed by atoms with Crippen molar-refractivity contribution in [2.45, 2.75) is 32.9 Å². The number of aromatic nitrogens is 3. The monoisotopic (exact) mass is 301 g/mol. The Morgan fingerprint density at radius 2 is 2.27 bits per heavy atom. The molecule has 116 valence electrons. The van der Waals surface area contributed by atoms with Crippen LogP contribution in [-0.2, 0) is 29.1 Å². The van der Waals surface area contributed by atoms with Crippen molar-refractivity contribution in [2.24, 2.45) is 5.92 Å². The lowest BCUT2D eigenvalue weighted by Gasteiger charge is -2.21. The van der Waals surface area contributed by atoms with E-state index in [-0.39, 0.29) is 11.9 Å². The zero-order valence-electron chi connectivity index (χ0n) is 12.8. The molecule has 0 fully saturated rings. The highest BCUT2D eigenvalue weighted by Gasteiger charge is 2.28. The van der Waals surface area contributed by atoms with Gasteiger partial charge in [0.15, 0.2) is 5.82 Å². The zero-order chi connectivity index (χ0) is 15.5. The van der Waals surface area contributed by atoms with Crippen molar-refractivity contribution in [1.29, 1.82) is 0 Å². The van der Waals surface area contributed by atoms with Crippen molar-refractivity contribution in [3.63, 3.8) is 0 Å². The smallest absolute Gasteiger partial charge is 0.309 e. The van der Waals surface area contributed by atoms with Crippen molar-refractivity contribution < 1.29 is 14.3 Å². The third kappa shape index (κ3) is 2.95. The van der Waals surface area contributed by atoms with Crippen LogP contribution < -0.4 is 4.74 Å². The Bertz CT molecular complexity index is 681. The summed E-state index contributed by atoms with van der Waals surface area (Å²) in [5, 5.41) is 8.37. The second kappa shape index (κ2) is 6.17. The first-order valence-corrected chi connectivity index (χ1v) is 7.35. The van der Waals surface area contributed by atoms with Crippen LogP contribution in [0.1, 0.15) is 23.6 Å². The molecule has 1 aliphatic rings. The summed E-state index contributed by atoms with van der Waals surface area (Å²) in [7, 11) is 1.42. The number of carbonyl (C=O) groups excluding carboxylic acids is 1. The predicted molar refractivity (Wildman–Crippen MR) is 79.4 cm³/mol. The van der Waals surface area contributed by atoms with Gasteiger partial charge in [-0.1, -0.05) is 12.1 Å². The molecular formula is C16H19N3O3. The van der Waals surface area contributed by atoms with Gasteiger partial charge in [-0.2, -0.15) is 0 Å². The normalized spacial score (nSPS) is 16.9. The van der Waals surface area contributed by atoms with Gasteiger partial charge in [-0.05, 0) is 31.0 Å². The van der Waals surface area contributed by atoms with Crippen molar-refractivity contribution in [1.82, 2.24) is 14.8 Å². The van der Waals surface area contributed by atoms with Crippen molar-refractivity contribution in [2.75, 3.05) is 7.11 Å². The average molecular weight is 301 g/mol. The number of nitrogens with zero attached hydrogens (tertiary/aromatic N) is 3. The molecule has 2 heterocycles. The Morgan fingerprint density at radius 3 is 3.05 bits per heavy atom.